The van der Waals surface area contributed by atoms with Crippen LogP contribution in [-0.4, -0.2) is 21.7 Å². The summed E-state index contributed by atoms with van der Waals surface area (Å²) < 4.78 is 1.07. The van der Waals surface area contributed by atoms with Crippen LogP contribution in [0.4, 0.5) is 23.1 Å². The highest BCUT2D eigenvalue weighted by Gasteiger charge is 2.11. The molecule has 0 atom stereocenters. The molecule has 2 aromatic carbocycles. The molecule has 6 heteroatoms. The molecule has 0 saturated carbocycles. The quantitative estimate of drug-likeness (QED) is 0.644. The first-order valence-electron chi connectivity index (χ1n) is 8.14. The van der Waals surface area contributed by atoms with Gasteiger partial charge in [0.2, 0.25) is 5.95 Å². The zero-order chi connectivity index (χ0) is 17.8. The molecule has 0 aliphatic rings. The molecule has 0 fully saturated rings. The lowest BCUT2D eigenvalue weighted by Crippen LogP contribution is -2.18. The molecule has 0 unspecified atom stereocenters. The Morgan fingerprint density at radius 1 is 1.12 bits per heavy atom. The van der Waals surface area contributed by atoms with Gasteiger partial charge in [-0.25, -0.2) is 0 Å². The lowest BCUT2D eigenvalue weighted by molar-refractivity contribution is 0.921. The van der Waals surface area contributed by atoms with Crippen LogP contribution in [0.3, 0.4) is 0 Å². The van der Waals surface area contributed by atoms with Crippen molar-refractivity contribution < 1.29 is 0 Å². The predicted molar refractivity (Wildman–Crippen MR) is 106 cm³/mol. The minimum absolute atomic E-state index is 0.477. The Morgan fingerprint density at radius 2 is 1.96 bits per heavy atom. The Bertz CT molecular complexity index is 881. The van der Waals surface area contributed by atoms with E-state index >= 15 is 0 Å². The molecule has 3 aromatic rings. The van der Waals surface area contributed by atoms with Gasteiger partial charge in [-0.3, -0.25) is 0 Å². The van der Waals surface area contributed by atoms with Crippen molar-refractivity contribution in [2.45, 2.75) is 20.8 Å². The number of hydrogen-bond donors (Lipinski definition) is 1. The van der Waals surface area contributed by atoms with E-state index in [-0.39, 0.29) is 0 Å². The standard InChI is InChI=1S/C19H20BrN5/c1-4-25(16-7-5-6-13(2)10-16)18-12-21-24-19(23-18)22-15-8-9-17(20)14(3)11-15/h5-12H,4H2,1-3H3,(H,22,23,24). The van der Waals surface area contributed by atoms with Crippen molar-refractivity contribution >= 4 is 39.1 Å². The molecule has 0 aliphatic carbocycles. The summed E-state index contributed by atoms with van der Waals surface area (Å²) in [5.41, 5.74) is 4.37. The van der Waals surface area contributed by atoms with Crippen molar-refractivity contribution in [3.8, 4) is 0 Å². The van der Waals surface area contributed by atoms with Crippen LogP contribution >= 0.6 is 15.9 Å². The predicted octanol–water partition coefficient (Wildman–Crippen LogP) is 5.15. The van der Waals surface area contributed by atoms with Crippen LogP contribution in [0.5, 0.6) is 0 Å². The summed E-state index contributed by atoms with van der Waals surface area (Å²) in [7, 11) is 0. The summed E-state index contributed by atoms with van der Waals surface area (Å²) in [6.45, 7) is 7.01. The van der Waals surface area contributed by atoms with Crippen LogP contribution in [0.25, 0.3) is 0 Å². The van der Waals surface area contributed by atoms with E-state index in [4.69, 9.17) is 0 Å². The average Bonchev–Trinajstić information content (AvgIpc) is 2.59. The number of rotatable bonds is 5. The maximum atomic E-state index is 4.63. The second-order valence-corrected chi connectivity index (χ2v) is 6.66. The Kier molecular flexibility index (Phi) is 5.28. The molecule has 0 aliphatic heterocycles. The SMILES string of the molecule is CCN(c1cccc(C)c1)c1cnnc(Nc2ccc(Br)c(C)c2)n1. The van der Waals surface area contributed by atoms with Crippen molar-refractivity contribution in [2.24, 2.45) is 0 Å². The Labute approximate surface area is 156 Å². The molecule has 0 amide bonds. The number of hydrogen-bond acceptors (Lipinski definition) is 5. The van der Waals surface area contributed by atoms with E-state index in [2.05, 4.69) is 73.4 Å². The van der Waals surface area contributed by atoms with Gasteiger partial charge < -0.3 is 10.2 Å². The summed E-state index contributed by atoms with van der Waals surface area (Å²) in [5, 5.41) is 11.4. The van der Waals surface area contributed by atoms with Crippen LogP contribution in [0.1, 0.15) is 18.1 Å². The van der Waals surface area contributed by atoms with Crippen LogP contribution in [-0.2, 0) is 0 Å². The second kappa shape index (κ2) is 7.61. The average molecular weight is 398 g/mol. The van der Waals surface area contributed by atoms with Crippen LogP contribution in [0, 0.1) is 13.8 Å². The van der Waals surface area contributed by atoms with Gasteiger partial charge in [-0.2, -0.15) is 10.1 Å². The maximum Gasteiger partial charge on any atom is 0.249 e. The molecule has 1 N–H and O–H groups in total. The summed E-state index contributed by atoms with van der Waals surface area (Å²) in [6.07, 6.45) is 1.68. The Morgan fingerprint density at radius 3 is 2.68 bits per heavy atom. The summed E-state index contributed by atoms with van der Waals surface area (Å²) in [4.78, 5) is 6.74. The van der Waals surface area contributed by atoms with Gasteiger partial charge in [-0.05, 0) is 62.2 Å². The largest absolute Gasteiger partial charge is 0.325 e. The summed E-state index contributed by atoms with van der Waals surface area (Å²) in [6, 6.07) is 14.4. The Hall–Kier alpha value is -2.47. The maximum absolute atomic E-state index is 4.63. The molecule has 1 heterocycles. The minimum Gasteiger partial charge on any atom is -0.325 e. The normalized spacial score (nSPS) is 10.6. The highest BCUT2D eigenvalue weighted by atomic mass is 79.9. The first-order valence-corrected chi connectivity index (χ1v) is 8.93. The second-order valence-electron chi connectivity index (χ2n) is 5.81. The van der Waals surface area contributed by atoms with Crippen LogP contribution < -0.4 is 10.2 Å². The van der Waals surface area contributed by atoms with Gasteiger partial charge >= 0.3 is 0 Å². The fourth-order valence-corrected chi connectivity index (χ4v) is 2.85. The Balaban J connectivity index is 1.88. The van der Waals surface area contributed by atoms with E-state index in [1.54, 1.807) is 6.20 Å². The van der Waals surface area contributed by atoms with Crippen molar-refractivity contribution in [3.05, 3.63) is 64.3 Å². The number of aryl methyl sites for hydroxylation is 2. The molecular formula is C19H20BrN5. The third-order valence-electron chi connectivity index (χ3n) is 3.87. The molecular weight excluding hydrogens is 378 g/mol. The lowest BCUT2D eigenvalue weighted by Gasteiger charge is -2.22. The molecule has 25 heavy (non-hydrogen) atoms. The van der Waals surface area contributed by atoms with Crippen molar-refractivity contribution in [2.75, 3.05) is 16.8 Å². The highest BCUT2D eigenvalue weighted by molar-refractivity contribution is 9.10. The van der Waals surface area contributed by atoms with Gasteiger partial charge in [0.15, 0.2) is 5.82 Å². The lowest BCUT2D eigenvalue weighted by atomic mass is 10.2. The fourth-order valence-electron chi connectivity index (χ4n) is 2.60. The molecule has 0 spiro atoms. The monoisotopic (exact) mass is 397 g/mol. The number of aromatic nitrogens is 3. The number of halogens is 1. The zero-order valence-corrected chi connectivity index (χ0v) is 16.1. The van der Waals surface area contributed by atoms with Crippen LogP contribution in [0.15, 0.2) is 53.1 Å². The van der Waals surface area contributed by atoms with Gasteiger partial charge in [0, 0.05) is 22.4 Å². The first-order chi connectivity index (χ1) is 12.1. The number of nitrogens with one attached hydrogen (secondary N) is 1. The molecule has 1 aromatic heterocycles. The summed E-state index contributed by atoms with van der Waals surface area (Å²) >= 11 is 3.51. The third-order valence-corrected chi connectivity index (χ3v) is 4.76. The van der Waals surface area contributed by atoms with E-state index in [1.165, 1.54) is 5.56 Å². The molecule has 5 nitrogen and oxygen atoms in total. The van der Waals surface area contributed by atoms with Gasteiger partial charge in [0.25, 0.3) is 0 Å². The van der Waals surface area contributed by atoms with E-state index < -0.39 is 0 Å². The van der Waals surface area contributed by atoms with Gasteiger partial charge in [-0.15, -0.1) is 5.10 Å². The van der Waals surface area contributed by atoms with Crippen LogP contribution in [0.2, 0.25) is 0 Å². The number of nitrogens with zero attached hydrogens (tertiary/aromatic N) is 4. The molecule has 0 saturated heterocycles. The molecule has 0 bridgehead atoms. The third kappa shape index (κ3) is 4.14. The van der Waals surface area contributed by atoms with Gasteiger partial charge in [-0.1, -0.05) is 28.1 Å². The van der Waals surface area contributed by atoms with E-state index in [0.29, 0.717) is 5.95 Å². The van der Waals surface area contributed by atoms with Gasteiger partial charge in [0.1, 0.15) is 0 Å². The minimum atomic E-state index is 0.477. The van der Waals surface area contributed by atoms with E-state index in [1.807, 2.05) is 31.2 Å². The number of benzene rings is 2. The van der Waals surface area contributed by atoms with Crippen molar-refractivity contribution in [1.82, 2.24) is 15.2 Å². The number of anilines is 4. The molecule has 128 valence electrons. The fraction of sp³-hybridized carbons (Fsp3) is 0.211. The van der Waals surface area contributed by atoms with E-state index in [0.717, 1.165) is 33.8 Å². The van der Waals surface area contributed by atoms with Gasteiger partial charge in [0.05, 0.1) is 6.20 Å². The molecule has 3 rings (SSSR count). The zero-order valence-electron chi connectivity index (χ0n) is 14.5. The highest BCUT2D eigenvalue weighted by Crippen LogP contribution is 2.25. The van der Waals surface area contributed by atoms with Crippen molar-refractivity contribution in [3.63, 3.8) is 0 Å². The summed E-state index contributed by atoms with van der Waals surface area (Å²) in [5.74, 6) is 1.24. The molecule has 0 radical (unpaired) electrons. The smallest absolute Gasteiger partial charge is 0.249 e. The van der Waals surface area contributed by atoms with Crippen molar-refractivity contribution in [1.29, 1.82) is 0 Å². The topological polar surface area (TPSA) is 53.9 Å². The van der Waals surface area contributed by atoms with E-state index in [9.17, 15) is 0 Å². The first kappa shape index (κ1) is 17.4.